The number of aromatic nitrogens is 2. The zero-order chi connectivity index (χ0) is 9.68. The Labute approximate surface area is 81.0 Å². The van der Waals surface area contributed by atoms with Gasteiger partial charge in [-0.25, -0.2) is 0 Å². The summed E-state index contributed by atoms with van der Waals surface area (Å²) in [7, 11) is 0. The minimum absolute atomic E-state index is 0.589. The Bertz CT molecular complexity index is 236. The minimum atomic E-state index is 0.589. The molecule has 0 fully saturated rings. The van der Waals surface area contributed by atoms with Gasteiger partial charge in [-0.1, -0.05) is 27.2 Å². The number of hydrogen-bond donors (Lipinski definition) is 0. The Balaban J connectivity index is 2.66. The lowest BCUT2D eigenvalue weighted by atomic mass is 10.2. The molecule has 0 radical (unpaired) electrons. The molecule has 0 N–H and O–H groups in total. The molecule has 1 heterocycles. The van der Waals surface area contributed by atoms with Gasteiger partial charge in [-0.05, 0) is 25.3 Å². The van der Waals surface area contributed by atoms with E-state index in [1.54, 1.807) is 0 Å². The van der Waals surface area contributed by atoms with E-state index in [4.69, 9.17) is 0 Å². The topological polar surface area (TPSA) is 17.8 Å². The van der Waals surface area contributed by atoms with Crippen LogP contribution in [-0.2, 0) is 6.42 Å². The molecule has 1 aromatic rings. The van der Waals surface area contributed by atoms with E-state index in [0.29, 0.717) is 6.04 Å². The van der Waals surface area contributed by atoms with Gasteiger partial charge in [0.2, 0.25) is 0 Å². The fourth-order valence-corrected chi connectivity index (χ4v) is 1.63. The van der Waals surface area contributed by atoms with Crippen molar-refractivity contribution in [2.24, 2.45) is 0 Å². The van der Waals surface area contributed by atoms with Crippen LogP contribution in [0.3, 0.4) is 0 Å². The second-order valence-electron chi connectivity index (χ2n) is 3.51. The highest BCUT2D eigenvalue weighted by atomic mass is 15.3. The summed E-state index contributed by atoms with van der Waals surface area (Å²) in [6.45, 7) is 6.63. The maximum Gasteiger partial charge on any atom is 0.0624 e. The van der Waals surface area contributed by atoms with Gasteiger partial charge in [0.1, 0.15) is 0 Å². The van der Waals surface area contributed by atoms with E-state index < -0.39 is 0 Å². The van der Waals surface area contributed by atoms with Crippen LogP contribution >= 0.6 is 0 Å². The lowest BCUT2D eigenvalue weighted by Gasteiger charge is -2.12. The van der Waals surface area contributed by atoms with Crippen molar-refractivity contribution in [1.82, 2.24) is 9.78 Å². The first-order chi connectivity index (χ1) is 6.31. The predicted octanol–water partition coefficient (Wildman–Crippen LogP) is 3.20. The van der Waals surface area contributed by atoms with Crippen LogP contribution in [0.1, 0.15) is 51.8 Å². The maximum atomic E-state index is 4.56. The third kappa shape index (κ3) is 2.58. The van der Waals surface area contributed by atoms with Crippen molar-refractivity contribution in [2.75, 3.05) is 0 Å². The zero-order valence-corrected chi connectivity index (χ0v) is 8.95. The van der Waals surface area contributed by atoms with Crippen LogP contribution < -0.4 is 0 Å². The van der Waals surface area contributed by atoms with Gasteiger partial charge in [0.15, 0.2) is 0 Å². The Morgan fingerprint density at radius 3 is 2.54 bits per heavy atom. The molecule has 0 saturated carbocycles. The maximum absolute atomic E-state index is 4.56. The second kappa shape index (κ2) is 5.05. The van der Waals surface area contributed by atoms with Crippen molar-refractivity contribution in [3.05, 3.63) is 18.0 Å². The average Bonchev–Trinajstić information content (AvgIpc) is 2.56. The summed E-state index contributed by atoms with van der Waals surface area (Å²) < 4.78 is 2.12. The molecule has 0 spiro atoms. The Hall–Kier alpha value is -0.790. The fourth-order valence-electron chi connectivity index (χ4n) is 1.63. The Kier molecular flexibility index (Phi) is 4.00. The number of rotatable bonds is 5. The highest BCUT2D eigenvalue weighted by Crippen LogP contribution is 2.14. The van der Waals surface area contributed by atoms with Crippen LogP contribution in [0, 0.1) is 0 Å². The number of nitrogens with zero attached hydrogens (tertiary/aromatic N) is 2. The molecule has 2 nitrogen and oxygen atoms in total. The molecule has 0 saturated heterocycles. The molecule has 0 aliphatic heterocycles. The molecule has 0 amide bonds. The van der Waals surface area contributed by atoms with Crippen LogP contribution in [0.5, 0.6) is 0 Å². The van der Waals surface area contributed by atoms with Crippen molar-refractivity contribution in [1.29, 1.82) is 0 Å². The van der Waals surface area contributed by atoms with E-state index in [1.807, 2.05) is 0 Å². The Morgan fingerprint density at radius 1 is 1.31 bits per heavy atom. The summed E-state index contributed by atoms with van der Waals surface area (Å²) in [6, 6.07) is 2.73. The van der Waals surface area contributed by atoms with E-state index in [9.17, 15) is 0 Å². The highest BCUT2D eigenvalue weighted by Gasteiger charge is 2.06. The average molecular weight is 180 g/mol. The van der Waals surface area contributed by atoms with E-state index >= 15 is 0 Å². The van der Waals surface area contributed by atoms with Crippen molar-refractivity contribution in [2.45, 2.75) is 52.5 Å². The van der Waals surface area contributed by atoms with Crippen LogP contribution in [0.4, 0.5) is 0 Å². The molecule has 0 unspecified atom stereocenters. The van der Waals surface area contributed by atoms with Crippen molar-refractivity contribution in [3.8, 4) is 0 Å². The predicted molar refractivity (Wildman–Crippen MR) is 55.8 cm³/mol. The molecule has 0 aliphatic carbocycles. The van der Waals surface area contributed by atoms with Gasteiger partial charge in [0.25, 0.3) is 0 Å². The molecule has 1 aromatic heterocycles. The largest absolute Gasteiger partial charge is 0.269 e. The highest BCUT2D eigenvalue weighted by molar-refractivity contribution is 4.99. The second-order valence-corrected chi connectivity index (χ2v) is 3.51. The SMILES string of the molecule is CCCc1ccn(C(CC)CC)n1. The van der Waals surface area contributed by atoms with Crippen LogP contribution in [-0.4, -0.2) is 9.78 Å². The molecule has 2 heteroatoms. The monoisotopic (exact) mass is 180 g/mol. The van der Waals surface area contributed by atoms with Crippen molar-refractivity contribution >= 4 is 0 Å². The quantitative estimate of drug-likeness (QED) is 0.680. The number of aryl methyl sites for hydroxylation is 1. The molecule has 0 aromatic carbocycles. The van der Waals surface area contributed by atoms with Gasteiger partial charge in [0, 0.05) is 6.20 Å². The van der Waals surface area contributed by atoms with Gasteiger partial charge >= 0.3 is 0 Å². The zero-order valence-electron chi connectivity index (χ0n) is 8.95. The molecule has 74 valence electrons. The van der Waals surface area contributed by atoms with Crippen LogP contribution in [0.15, 0.2) is 12.3 Å². The summed E-state index contributed by atoms with van der Waals surface area (Å²) in [5.41, 5.74) is 1.23. The lowest BCUT2D eigenvalue weighted by molar-refractivity contribution is 0.425. The minimum Gasteiger partial charge on any atom is -0.269 e. The summed E-state index contributed by atoms with van der Waals surface area (Å²) >= 11 is 0. The third-order valence-corrected chi connectivity index (χ3v) is 2.49. The lowest BCUT2D eigenvalue weighted by Crippen LogP contribution is -2.07. The first-order valence-electron chi connectivity index (χ1n) is 5.35. The van der Waals surface area contributed by atoms with Crippen molar-refractivity contribution < 1.29 is 0 Å². The standard InChI is InChI=1S/C11H20N2/c1-4-7-10-8-9-13(12-10)11(5-2)6-3/h8-9,11H,4-7H2,1-3H3. The van der Waals surface area contributed by atoms with E-state index in [2.05, 4.69) is 42.8 Å². The van der Waals surface area contributed by atoms with Gasteiger partial charge in [-0.3, -0.25) is 4.68 Å². The smallest absolute Gasteiger partial charge is 0.0624 e. The van der Waals surface area contributed by atoms with Crippen LogP contribution in [0.2, 0.25) is 0 Å². The first kappa shape index (κ1) is 10.3. The molecule has 0 atom stereocenters. The molecular weight excluding hydrogens is 160 g/mol. The third-order valence-electron chi connectivity index (χ3n) is 2.49. The number of hydrogen-bond acceptors (Lipinski definition) is 1. The first-order valence-corrected chi connectivity index (χ1v) is 5.35. The van der Waals surface area contributed by atoms with Gasteiger partial charge in [0.05, 0.1) is 11.7 Å². The fraction of sp³-hybridized carbons (Fsp3) is 0.727. The summed E-state index contributed by atoms with van der Waals surface area (Å²) in [5.74, 6) is 0. The summed E-state index contributed by atoms with van der Waals surface area (Å²) in [6.07, 6.45) is 6.74. The molecule has 0 aliphatic rings. The van der Waals surface area contributed by atoms with Gasteiger partial charge < -0.3 is 0 Å². The van der Waals surface area contributed by atoms with Gasteiger partial charge in [-0.15, -0.1) is 0 Å². The van der Waals surface area contributed by atoms with E-state index in [-0.39, 0.29) is 0 Å². The van der Waals surface area contributed by atoms with Gasteiger partial charge in [-0.2, -0.15) is 5.10 Å². The molecular formula is C11H20N2. The molecule has 0 bridgehead atoms. The molecule has 13 heavy (non-hydrogen) atoms. The molecule has 1 rings (SSSR count). The van der Waals surface area contributed by atoms with Crippen LogP contribution in [0.25, 0.3) is 0 Å². The van der Waals surface area contributed by atoms with Crippen molar-refractivity contribution in [3.63, 3.8) is 0 Å². The Morgan fingerprint density at radius 2 is 2.00 bits per heavy atom. The van der Waals surface area contributed by atoms with E-state index in [0.717, 1.165) is 6.42 Å². The summed E-state index contributed by atoms with van der Waals surface area (Å²) in [4.78, 5) is 0. The van der Waals surface area contributed by atoms with E-state index in [1.165, 1.54) is 25.0 Å². The normalized spacial score (nSPS) is 11.1. The summed E-state index contributed by atoms with van der Waals surface area (Å²) in [5, 5.41) is 4.56.